The van der Waals surface area contributed by atoms with Crippen LogP contribution in [0.2, 0.25) is 0 Å². The molecule has 4 nitrogen and oxygen atoms in total. The number of unbranched alkanes of at least 4 members (excludes halogenated alkanes) is 22. The summed E-state index contributed by atoms with van der Waals surface area (Å²) in [6.45, 7) is 4.61. The Hall–Kier alpha value is -1.32. The number of rotatable bonds is 31. The smallest absolute Gasteiger partial charge is 0.309 e. The number of carboxylic acid groups (broad SMARTS) is 1. The lowest BCUT2D eigenvalue weighted by atomic mass is 9.97. The maximum atomic E-state index is 12.0. The summed E-state index contributed by atoms with van der Waals surface area (Å²) in [7, 11) is 0. The van der Waals surface area contributed by atoms with Gasteiger partial charge in [0, 0.05) is 0 Å². The van der Waals surface area contributed by atoms with E-state index in [2.05, 4.69) is 19.1 Å². The van der Waals surface area contributed by atoms with Crippen LogP contribution >= 0.6 is 0 Å². The quantitative estimate of drug-likeness (QED) is 0.0529. The maximum Gasteiger partial charge on any atom is 0.309 e. The van der Waals surface area contributed by atoms with Crippen LogP contribution in [0.5, 0.6) is 0 Å². The third-order valence-electron chi connectivity index (χ3n) is 7.77. The maximum absolute atomic E-state index is 12.0. The van der Waals surface area contributed by atoms with Crippen molar-refractivity contribution in [3.8, 4) is 0 Å². The molecule has 0 saturated carbocycles. The molecular formula is C35H66O4. The fourth-order valence-corrected chi connectivity index (χ4v) is 5.24. The summed E-state index contributed by atoms with van der Waals surface area (Å²) < 4.78 is 5.16. The van der Waals surface area contributed by atoms with Crippen molar-refractivity contribution in [1.82, 2.24) is 0 Å². The second-order valence-electron chi connectivity index (χ2n) is 11.7. The number of carboxylic acids is 1. The molecule has 0 aromatic carbocycles. The lowest BCUT2D eigenvalue weighted by molar-refractivity contribution is -0.153. The van der Waals surface area contributed by atoms with Gasteiger partial charge in [0.15, 0.2) is 0 Å². The predicted molar refractivity (Wildman–Crippen MR) is 167 cm³/mol. The van der Waals surface area contributed by atoms with Gasteiger partial charge >= 0.3 is 11.9 Å². The Bertz CT molecular complexity index is 557. The van der Waals surface area contributed by atoms with E-state index in [1.807, 2.05) is 6.92 Å². The Balaban J connectivity index is 3.37. The molecule has 0 saturated heterocycles. The first-order valence-electron chi connectivity index (χ1n) is 17.1. The molecule has 0 aliphatic heterocycles. The molecule has 4 heteroatoms. The van der Waals surface area contributed by atoms with E-state index in [9.17, 15) is 9.59 Å². The standard InChI is InChI=1S/C35H66O4/c1-3-5-6-7-8-9-10-11-12-13-14-15-16-17-18-19-20-21-22-23-24-25-26-27-28-29-30-33(32-34(36)37)35(38)39-31-4-2/h20-21,33H,3-19,22-32H2,1-2H3,(H,36,37)/b21-20+. The Morgan fingerprint density at radius 2 is 0.949 bits per heavy atom. The normalized spacial score (nSPS) is 12.3. The summed E-state index contributed by atoms with van der Waals surface area (Å²) in [4.78, 5) is 23.0. The first-order chi connectivity index (χ1) is 19.1. The minimum absolute atomic E-state index is 0.116. The van der Waals surface area contributed by atoms with Gasteiger partial charge in [-0.15, -0.1) is 0 Å². The SMILES string of the molecule is CCCCCCCCCCCCCCCCC/C=C/CCCCCCCCCC(CC(=O)O)C(=O)OCCC. The van der Waals surface area contributed by atoms with Gasteiger partial charge in [0.25, 0.3) is 0 Å². The van der Waals surface area contributed by atoms with Crippen molar-refractivity contribution in [3.63, 3.8) is 0 Å². The highest BCUT2D eigenvalue weighted by Crippen LogP contribution is 2.18. The predicted octanol–water partition coefficient (Wildman–Crippen LogP) is 11.4. The molecule has 0 bridgehead atoms. The highest BCUT2D eigenvalue weighted by atomic mass is 16.5. The van der Waals surface area contributed by atoms with Crippen molar-refractivity contribution in [2.24, 2.45) is 5.92 Å². The molecule has 0 aliphatic carbocycles. The zero-order valence-electron chi connectivity index (χ0n) is 26.2. The summed E-state index contributed by atoms with van der Waals surface area (Å²) in [5.41, 5.74) is 0. The minimum atomic E-state index is -0.919. The molecule has 1 unspecified atom stereocenters. The van der Waals surface area contributed by atoms with Crippen LogP contribution in [-0.2, 0) is 14.3 Å². The van der Waals surface area contributed by atoms with Gasteiger partial charge in [-0.2, -0.15) is 0 Å². The van der Waals surface area contributed by atoms with Crippen LogP contribution in [0.25, 0.3) is 0 Å². The van der Waals surface area contributed by atoms with Gasteiger partial charge in [0.05, 0.1) is 18.9 Å². The number of aliphatic carboxylic acids is 1. The van der Waals surface area contributed by atoms with Gasteiger partial charge in [-0.25, -0.2) is 0 Å². The Morgan fingerprint density at radius 1 is 0.564 bits per heavy atom. The average Bonchev–Trinajstić information content (AvgIpc) is 2.92. The number of hydrogen-bond donors (Lipinski definition) is 1. The minimum Gasteiger partial charge on any atom is -0.481 e. The highest BCUT2D eigenvalue weighted by Gasteiger charge is 2.22. The number of allylic oxidation sites excluding steroid dienone is 2. The molecule has 0 aliphatic rings. The summed E-state index contributed by atoms with van der Waals surface area (Å²) in [6.07, 6.45) is 38.1. The van der Waals surface area contributed by atoms with Gasteiger partial charge in [-0.3, -0.25) is 9.59 Å². The third-order valence-corrected chi connectivity index (χ3v) is 7.77. The monoisotopic (exact) mass is 550 g/mol. The van der Waals surface area contributed by atoms with E-state index in [4.69, 9.17) is 9.84 Å². The summed E-state index contributed by atoms with van der Waals surface area (Å²) in [5, 5.41) is 9.04. The van der Waals surface area contributed by atoms with Crippen molar-refractivity contribution in [3.05, 3.63) is 12.2 Å². The molecule has 0 amide bonds. The molecule has 0 aromatic rings. The van der Waals surface area contributed by atoms with Crippen molar-refractivity contribution in [2.75, 3.05) is 6.61 Å². The van der Waals surface area contributed by atoms with E-state index in [1.54, 1.807) is 0 Å². The van der Waals surface area contributed by atoms with Gasteiger partial charge in [-0.1, -0.05) is 154 Å². The lowest BCUT2D eigenvalue weighted by Gasteiger charge is -2.13. The highest BCUT2D eigenvalue weighted by molar-refractivity contribution is 5.79. The Morgan fingerprint density at radius 3 is 1.33 bits per heavy atom. The molecule has 1 N–H and O–H groups in total. The first-order valence-corrected chi connectivity index (χ1v) is 17.1. The molecule has 0 radical (unpaired) electrons. The summed E-state index contributed by atoms with van der Waals surface area (Å²) >= 11 is 0. The zero-order valence-corrected chi connectivity index (χ0v) is 26.2. The second-order valence-corrected chi connectivity index (χ2v) is 11.7. The van der Waals surface area contributed by atoms with E-state index in [-0.39, 0.29) is 12.4 Å². The van der Waals surface area contributed by atoms with Crippen molar-refractivity contribution < 1.29 is 19.4 Å². The molecule has 0 aromatic heterocycles. The van der Waals surface area contributed by atoms with Gasteiger partial charge in [0.2, 0.25) is 0 Å². The van der Waals surface area contributed by atoms with Crippen LogP contribution in [0.1, 0.15) is 187 Å². The second kappa shape index (κ2) is 31.2. The number of esters is 1. The fourth-order valence-electron chi connectivity index (χ4n) is 5.24. The number of hydrogen-bond acceptors (Lipinski definition) is 3. The topological polar surface area (TPSA) is 63.6 Å². The number of ether oxygens (including phenoxy) is 1. The van der Waals surface area contributed by atoms with E-state index < -0.39 is 11.9 Å². The Kier molecular flexibility index (Phi) is 30.2. The fraction of sp³-hybridized carbons (Fsp3) is 0.886. The Labute approximate surface area is 243 Å². The van der Waals surface area contributed by atoms with Gasteiger partial charge < -0.3 is 9.84 Å². The number of carbonyl (C=O) groups excluding carboxylic acids is 1. The molecule has 0 fully saturated rings. The lowest BCUT2D eigenvalue weighted by Crippen LogP contribution is -2.21. The van der Waals surface area contributed by atoms with Gasteiger partial charge in [-0.05, 0) is 38.5 Å². The van der Waals surface area contributed by atoms with E-state index >= 15 is 0 Å². The molecule has 0 heterocycles. The summed E-state index contributed by atoms with van der Waals surface area (Å²) in [6, 6.07) is 0. The van der Waals surface area contributed by atoms with Crippen LogP contribution < -0.4 is 0 Å². The number of carbonyl (C=O) groups is 2. The van der Waals surface area contributed by atoms with Crippen LogP contribution in [0, 0.1) is 5.92 Å². The van der Waals surface area contributed by atoms with E-state index in [0.29, 0.717) is 13.0 Å². The van der Waals surface area contributed by atoms with Crippen molar-refractivity contribution in [2.45, 2.75) is 187 Å². The van der Waals surface area contributed by atoms with Crippen LogP contribution in [0.3, 0.4) is 0 Å². The van der Waals surface area contributed by atoms with Crippen LogP contribution in [-0.4, -0.2) is 23.7 Å². The van der Waals surface area contributed by atoms with Crippen molar-refractivity contribution >= 4 is 11.9 Å². The first kappa shape index (κ1) is 37.7. The molecule has 1 atom stereocenters. The van der Waals surface area contributed by atoms with E-state index in [1.165, 1.54) is 141 Å². The average molecular weight is 551 g/mol. The largest absolute Gasteiger partial charge is 0.481 e. The molecule has 0 rings (SSSR count). The van der Waals surface area contributed by atoms with E-state index in [0.717, 1.165) is 19.3 Å². The van der Waals surface area contributed by atoms with Gasteiger partial charge in [0.1, 0.15) is 0 Å². The molecule has 230 valence electrons. The summed E-state index contributed by atoms with van der Waals surface area (Å²) in [5.74, 6) is -1.75. The molecule has 0 spiro atoms. The zero-order chi connectivity index (χ0) is 28.7. The van der Waals surface area contributed by atoms with Crippen molar-refractivity contribution in [1.29, 1.82) is 0 Å². The van der Waals surface area contributed by atoms with Crippen LogP contribution in [0.15, 0.2) is 12.2 Å². The molecular weight excluding hydrogens is 484 g/mol. The molecule has 39 heavy (non-hydrogen) atoms. The van der Waals surface area contributed by atoms with Crippen LogP contribution in [0.4, 0.5) is 0 Å². The third kappa shape index (κ3) is 29.5.